The van der Waals surface area contributed by atoms with Crippen molar-refractivity contribution < 1.29 is 37.3 Å². The first-order valence-electron chi connectivity index (χ1n) is 12.1. The second kappa shape index (κ2) is 9.97. The van der Waals surface area contributed by atoms with Crippen molar-refractivity contribution in [1.29, 1.82) is 0 Å². The second-order valence-electron chi connectivity index (χ2n) is 9.58. The molecule has 198 valence electrons. The van der Waals surface area contributed by atoms with E-state index in [9.17, 15) is 27.9 Å². The van der Waals surface area contributed by atoms with Gasteiger partial charge in [0.25, 0.3) is 0 Å². The summed E-state index contributed by atoms with van der Waals surface area (Å²) in [5.74, 6) is -1.87. The van der Waals surface area contributed by atoms with Gasteiger partial charge in [-0.2, -0.15) is 0 Å². The number of hydrogen-bond donors (Lipinski definition) is 2. The van der Waals surface area contributed by atoms with Gasteiger partial charge in [-0.25, -0.2) is 9.78 Å². The van der Waals surface area contributed by atoms with Crippen LogP contribution in [0.1, 0.15) is 53.8 Å². The molecule has 1 aromatic carbocycles. The number of nitrogens with zero attached hydrogens (tertiary/aromatic N) is 2. The number of carboxylic acids is 1. The first-order chi connectivity index (χ1) is 17.6. The number of ketones is 1. The molecule has 2 aliphatic heterocycles. The Balaban J connectivity index is 1.33. The summed E-state index contributed by atoms with van der Waals surface area (Å²) in [4.78, 5) is 31.0. The number of fused-ring (bicyclic) bond motifs is 2. The zero-order chi connectivity index (χ0) is 26.3. The third kappa shape index (κ3) is 5.59. The molecule has 0 radical (unpaired) electrons. The Morgan fingerprint density at radius 1 is 1.14 bits per heavy atom. The van der Waals surface area contributed by atoms with E-state index in [1.807, 2.05) is 0 Å². The largest absolute Gasteiger partial charge is 0.573 e. The summed E-state index contributed by atoms with van der Waals surface area (Å²) in [6, 6.07) is 5.75. The van der Waals surface area contributed by atoms with E-state index in [1.165, 1.54) is 24.4 Å². The van der Waals surface area contributed by atoms with Gasteiger partial charge in [-0.05, 0) is 50.7 Å². The number of carbonyl (C=O) groups is 2. The van der Waals surface area contributed by atoms with Crippen LogP contribution >= 0.6 is 11.3 Å². The van der Waals surface area contributed by atoms with Crippen molar-refractivity contribution in [2.45, 2.75) is 63.1 Å². The number of hydrogen-bond acceptors (Lipinski definition) is 8. The minimum absolute atomic E-state index is 0.000295. The van der Waals surface area contributed by atoms with Gasteiger partial charge >= 0.3 is 12.3 Å². The number of nitrogens with two attached hydrogens (primary N) is 1. The molecule has 2 bridgehead atoms. The van der Waals surface area contributed by atoms with E-state index in [2.05, 4.69) is 14.6 Å². The van der Waals surface area contributed by atoms with Crippen molar-refractivity contribution in [3.05, 3.63) is 46.5 Å². The van der Waals surface area contributed by atoms with Crippen LogP contribution in [0.3, 0.4) is 0 Å². The molecule has 8 nitrogen and oxygen atoms in total. The average Bonchev–Trinajstić information content (AvgIpc) is 3.51. The number of alkyl halides is 3. The van der Waals surface area contributed by atoms with E-state index in [1.54, 1.807) is 0 Å². The van der Waals surface area contributed by atoms with Gasteiger partial charge in [-0.15, -0.1) is 13.2 Å². The topological polar surface area (TPSA) is 115 Å². The normalized spacial score (nSPS) is 24.1. The molecule has 3 fully saturated rings. The molecule has 2 aromatic rings. The van der Waals surface area contributed by atoms with E-state index in [4.69, 9.17) is 10.5 Å². The van der Waals surface area contributed by atoms with Crippen molar-refractivity contribution in [2.75, 3.05) is 11.5 Å². The first kappa shape index (κ1) is 25.5. The van der Waals surface area contributed by atoms with Crippen LogP contribution in [0, 0.1) is 5.92 Å². The van der Waals surface area contributed by atoms with Crippen LogP contribution in [-0.4, -0.2) is 53.0 Å². The molecule has 2 unspecified atom stereocenters. The summed E-state index contributed by atoms with van der Waals surface area (Å²) in [5, 5.41) is 9.90. The van der Waals surface area contributed by atoms with Crippen molar-refractivity contribution >= 4 is 33.9 Å². The number of benzene rings is 1. The number of ether oxygens (including phenoxy) is 2. The van der Waals surface area contributed by atoms with E-state index >= 15 is 0 Å². The van der Waals surface area contributed by atoms with Gasteiger partial charge in [0.2, 0.25) is 0 Å². The summed E-state index contributed by atoms with van der Waals surface area (Å²) in [5.41, 5.74) is 6.40. The molecule has 2 saturated heterocycles. The molecule has 0 spiro atoms. The van der Waals surface area contributed by atoms with Crippen molar-refractivity contribution in [1.82, 2.24) is 4.98 Å². The number of anilines is 1. The predicted molar refractivity (Wildman–Crippen MR) is 129 cm³/mol. The number of aromatic carboxylic acids is 1. The highest BCUT2D eigenvalue weighted by Crippen LogP contribution is 2.42. The van der Waals surface area contributed by atoms with Gasteiger partial charge in [0.05, 0.1) is 24.6 Å². The highest BCUT2D eigenvalue weighted by Gasteiger charge is 2.43. The van der Waals surface area contributed by atoms with Crippen LogP contribution in [-0.2, 0) is 9.53 Å². The maximum absolute atomic E-state index is 13.1. The fourth-order valence-corrected chi connectivity index (χ4v) is 6.10. The summed E-state index contributed by atoms with van der Waals surface area (Å²) < 4.78 is 49.1. The van der Waals surface area contributed by atoms with Crippen LogP contribution in [0.5, 0.6) is 5.75 Å². The number of halogens is 3. The number of para-hydroxylation sites is 1. The zero-order valence-electron chi connectivity index (χ0n) is 19.7. The standard InChI is InChI=1S/C25H26F3N3O5S/c26-25(27,28)36-19-4-2-1-3-17(19)21(29)18(22(32)13-5-6-13)12-35-16-9-14-7-8-15(10-16)31(14)24-30-11-20(37-24)23(33)34/h1-4,11,13-16H,5-10,12,29H2,(H,33,34)/t14-,15?,16?/m0/s1. The number of thiazole rings is 1. The molecule has 3 atom stereocenters. The molecule has 3 N–H and O–H groups in total. The van der Waals surface area contributed by atoms with Crippen LogP contribution in [0.25, 0.3) is 5.70 Å². The lowest BCUT2D eigenvalue weighted by Crippen LogP contribution is -2.45. The van der Waals surface area contributed by atoms with Gasteiger partial charge in [0.15, 0.2) is 10.9 Å². The molecule has 1 saturated carbocycles. The van der Waals surface area contributed by atoms with Crippen LogP contribution in [0.15, 0.2) is 36.0 Å². The van der Waals surface area contributed by atoms with Gasteiger partial charge in [0.1, 0.15) is 10.6 Å². The molecule has 5 rings (SSSR count). The third-order valence-corrected chi connectivity index (χ3v) is 8.05. The second-order valence-corrected chi connectivity index (χ2v) is 10.6. The van der Waals surface area contributed by atoms with Gasteiger partial charge < -0.3 is 25.2 Å². The molecule has 1 aliphatic carbocycles. The first-order valence-corrected chi connectivity index (χ1v) is 12.9. The summed E-state index contributed by atoms with van der Waals surface area (Å²) in [6.45, 7) is -0.105. The smallest absolute Gasteiger partial charge is 0.477 e. The molecule has 37 heavy (non-hydrogen) atoms. The minimum atomic E-state index is -4.90. The number of carboxylic acid groups (broad SMARTS) is 1. The lowest BCUT2D eigenvalue weighted by atomic mass is 9.98. The van der Waals surface area contributed by atoms with Crippen LogP contribution in [0.2, 0.25) is 0 Å². The summed E-state index contributed by atoms with van der Waals surface area (Å²) >= 11 is 1.15. The molecule has 3 heterocycles. The van der Waals surface area contributed by atoms with E-state index < -0.39 is 18.1 Å². The Bertz CT molecular complexity index is 1210. The van der Waals surface area contributed by atoms with Crippen molar-refractivity contribution in [2.24, 2.45) is 11.7 Å². The van der Waals surface area contributed by atoms with E-state index in [0.717, 1.165) is 30.2 Å². The highest BCUT2D eigenvalue weighted by molar-refractivity contribution is 7.17. The van der Waals surface area contributed by atoms with Crippen molar-refractivity contribution in [3.8, 4) is 5.75 Å². The molecule has 0 amide bonds. The Morgan fingerprint density at radius 3 is 2.41 bits per heavy atom. The van der Waals surface area contributed by atoms with Gasteiger partial charge in [0, 0.05) is 29.1 Å². The third-order valence-electron chi connectivity index (χ3n) is 7.05. The summed E-state index contributed by atoms with van der Waals surface area (Å²) in [7, 11) is 0. The average molecular weight is 538 g/mol. The van der Waals surface area contributed by atoms with E-state index in [0.29, 0.717) is 30.8 Å². The number of rotatable bonds is 9. The van der Waals surface area contributed by atoms with Crippen LogP contribution < -0.4 is 15.4 Å². The molecule has 1 aromatic heterocycles. The quantitative estimate of drug-likeness (QED) is 0.446. The molecule has 3 aliphatic rings. The Labute approximate surface area is 214 Å². The SMILES string of the molecule is NC(=C(COC1CC2CC[C@@H](C1)N2c1ncc(C(=O)O)s1)C(=O)C1CC1)c1ccccc1OC(F)(F)F. The monoisotopic (exact) mass is 537 g/mol. The number of aromatic nitrogens is 1. The molecule has 12 heteroatoms. The maximum Gasteiger partial charge on any atom is 0.573 e. The molecular weight excluding hydrogens is 511 g/mol. The lowest BCUT2D eigenvalue weighted by Gasteiger charge is -2.38. The van der Waals surface area contributed by atoms with E-state index in [-0.39, 0.29) is 58.2 Å². The zero-order valence-corrected chi connectivity index (χ0v) is 20.6. The van der Waals surface area contributed by atoms with Gasteiger partial charge in [-0.3, -0.25) is 4.79 Å². The number of Topliss-reactive ketones (excluding diaryl/α,β-unsaturated/α-hetero) is 1. The highest BCUT2D eigenvalue weighted by atomic mass is 32.1. The Kier molecular flexibility index (Phi) is 6.88. The maximum atomic E-state index is 13.1. The Morgan fingerprint density at radius 2 is 1.81 bits per heavy atom. The van der Waals surface area contributed by atoms with Gasteiger partial charge in [-0.1, -0.05) is 23.5 Å². The fourth-order valence-electron chi connectivity index (χ4n) is 5.20. The molecular formula is C25H26F3N3O5S. The number of piperidine rings is 1. The minimum Gasteiger partial charge on any atom is -0.477 e. The van der Waals surface area contributed by atoms with Crippen molar-refractivity contribution in [3.63, 3.8) is 0 Å². The van der Waals surface area contributed by atoms with Crippen LogP contribution in [0.4, 0.5) is 18.3 Å². The number of carbonyl (C=O) groups excluding carboxylic acids is 1. The lowest BCUT2D eigenvalue weighted by molar-refractivity contribution is -0.274. The Hall–Kier alpha value is -3.12. The fraction of sp³-hybridized carbons (Fsp3) is 0.480. The summed E-state index contributed by atoms with van der Waals surface area (Å²) in [6.07, 6.45) is 0.881. The predicted octanol–water partition coefficient (Wildman–Crippen LogP) is 4.61.